The van der Waals surface area contributed by atoms with Gasteiger partial charge >= 0.3 is 0 Å². The van der Waals surface area contributed by atoms with Gasteiger partial charge in [-0.15, -0.1) is 0 Å². The first-order chi connectivity index (χ1) is 8.65. The molecule has 0 heterocycles. The summed E-state index contributed by atoms with van der Waals surface area (Å²) in [6.45, 7) is 0. The Bertz CT molecular complexity index is 632. The maximum absolute atomic E-state index is 13.2. The van der Waals surface area contributed by atoms with Gasteiger partial charge in [-0.3, -0.25) is 0 Å². The van der Waals surface area contributed by atoms with Gasteiger partial charge in [0.2, 0.25) is 0 Å². The largest absolute Gasteiger partial charge is 0.207 e. The van der Waals surface area contributed by atoms with E-state index in [1.807, 2.05) is 12.1 Å². The zero-order valence-corrected chi connectivity index (χ0v) is 9.11. The van der Waals surface area contributed by atoms with E-state index in [-0.39, 0.29) is 22.3 Å². The number of hydrogen-bond donors (Lipinski definition) is 0. The highest BCUT2D eigenvalue weighted by atomic mass is 19.1. The normalized spacial score (nSPS) is 9.56. The van der Waals surface area contributed by atoms with Crippen molar-refractivity contribution in [3.8, 4) is 23.3 Å². The first-order valence-corrected chi connectivity index (χ1v) is 5.05. The Morgan fingerprint density at radius 3 is 1.44 bits per heavy atom. The van der Waals surface area contributed by atoms with Crippen molar-refractivity contribution in [3.05, 3.63) is 59.2 Å². The van der Waals surface area contributed by atoms with E-state index >= 15 is 0 Å². The molecule has 2 aromatic carbocycles. The molecule has 0 bridgehead atoms. The average Bonchev–Trinajstić information content (AvgIpc) is 2.38. The Kier molecular flexibility index (Phi) is 3.03. The molecule has 0 amide bonds. The molecule has 0 aliphatic rings. The molecule has 18 heavy (non-hydrogen) atoms. The summed E-state index contributed by atoms with van der Waals surface area (Å²) in [7, 11) is 0. The lowest BCUT2D eigenvalue weighted by Crippen LogP contribution is -1.91. The molecule has 0 aliphatic carbocycles. The predicted molar refractivity (Wildman–Crippen MR) is 61.2 cm³/mol. The molecule has 2 aromatic rings. The van der Waals surface area contributed by atoms with Crippen molar-refractivity contribution in [3.63, 3.8) is 0 Å². The van der Waals surface area contributed by atoms with Crippen LogP contribution >= 0.6 is 0 Å². The summed E-state index contributed by atoms with van der Waals surface area (Å²) >= 11 is 0. The second-order valence-corrected chi connectivity index (χ2v) is 3.60. The summed E-state index contributed by atoms with van der Waals surface area (Å²) in [5.74, 6) is -1.09. The van der Waals surface area contributed by atoms with Crippen LogP contribution in [0.2, 0.25) is 0 Å². The van der Waals surface area contributed by atoms with Crippen molar-refractivity contribution in [1.29, 1.82) is 10.5 Å². The molecule has 2 rings (SSSR count). The first-order valence-electron chi connectivity index (χ1n) is 5.05. The molecule has 0 radical (unpaired) electrons. The number of halogens is 2. The fourth-order valence-electron chi connectivity index (χ4n) is 1.67. The zero-order chi connectivity index (χ0) is 13.1. The van der Waals surface area contributed by atoms with Crippen LogP contribution in [0.3, 0.4) is 0 Å². The molecule has 0 spiro atoms. The van der Waals surface area contributed by atoms with E-state index in [0.717, 1.165) is 24.3 Å². The van der Waals surface area contributed by atoms with Crippen LogP contribution in [0.5, 0.6) is 0 Å². The van der Waals surface area contributed by atoms with Crippen molar-refractivity contribution >= 4 is 0 Å². The third-order valence-corrected chi connectivity index (χ3v) is 2.49. The van der Waals surface area contributed by atoms with E-state index < -0.39 is 11.6 Å². The lowest BCUT2D eigenvalue weighted by molar-refractivity contribution is 0.625. The van der Waals surface area contributed by atoms with E-state index in [9.17, 15) is 8.78 Å². The Morgan fingerprint density at radius 1 is 0.722 bits per heavy atom. The summed E-state index contributed by atoms with van der Waals surface area (Å²) in [6.07, 6.45) is 0. The van der Waals surface area contributed by atoms with Gasteiger partial charge in [0.05, 0.1) is 23.3 Å². The molecule has 86 valence electrons. The monoisotopic (exact) mass is 240 g/mol. The lowest BCUT2D eigenvalue weighted by Gasteiger charge is -2.06. The quantitative estimate of drug-likeness (QED) is 0.767. The zero-order valence-electron chi connectivity index (χ0n) is 9.11. The highest BCUT2D eigenvalue weighted by Crippen LogP contribution is 2.28. The van der Waals surface area contributed by atoms with Crippen molar-refractivity contribution in [1.82, 2.24) is 0 Å². The van der Waals surface area contributed by atoms with Gasteiger partial charge in [-0.1, -0.05) is 0 Å². The topological polar surface area (TPSA) is 47.6 Å². The van der Waals surface area contributed by atoms with Crippen LogP contribution < -0.4 is 0 Å². The third-order valence-electron chi connectivity index (χ3n) is 2.49. The molecule has 0 unspecified atom stereocenters. The summed E-state index contributed by atoms with van der Waals surface area (Å²) in [5.41, 5.74) is 0.819. The second kappa shape index (κ2) is 4.65. The van der Waals surface area contributed by atoms with Crippen LogP contribution in [0.15, 0.2) is 36.4 Å². The van der Waals surface area contributed by atoms with Gasteiger partial charge in [-0.2, -0.15) is 10.5 Å². The minimum absolute atomic E-state index is 0.193. The van der Waals surface area contributed by atoms with Crippen LogP contribution in [-0.4, -0.2) is 0 Å². The lowest BCUT2D eigenvalue weighted by atomic mass is 9.96. The SMILES string of the molecule is N#Cc1ccc(F)cc1-c1cc(F)ccc1C#N. The molecule has 0 N–H and O–H groups in total. The minimum Gasteiger partial charge on any atom is -0.207 e. The number of rotatable bonds is 1. The molecule has 0 atom stereocenters. The van der Waals surface area contributed by atoms with Gasteiger partial charge in [0.25, 0.3) is 0 Å². The van der Waals surface area contributed by atoms with Crippen molar-refractivity contribution < 1.29 is 8.78 Å². The number of nitriles is 2. The number of benzene rings is 2. The Morgan fingerprint density at radius 2 is 1.11 bits per heavy atom. The summed E-state index contributed by atoms with van der Waals surface area (Å²) in [5, 5.41) is 17.9. The molecular weight excluding hydrogens is 234 g/mol. The van der Waals surface area contributed by atoms with Crippen LogP contribution in [0, 0.1) is 34.3 Å². The third kappa shape index (κ3) is 2.05. The fraction of sp³-hybridized carbons (Fsp3) is 0. The predicted octanol–water partition coefficient (Wildman–Crippen LogP) is 3.38. The fourth-order valence-corrected chi connectivity index (χ4v) is 1.67. The molecule has 0 fully saturated rings. The smallest absolute Gasteiger partial charge is 0.123 e. The standard InChI is InChI=1S/C14H6F2N2/c15-11-3-1-9(7-17)13(5-11)14-6-12(16)4-2-10(14)8-18/h1-6H. The van der Waals surface area contributed by atoms with Crippen LogP contribution in [0.25, 0.3) is 11.1 Å². The molecule has 0 saturated carbocycles. The molecule has 0 aliphatic heterocycles. The van der Waals surface area contributed by atoms with E-state index in [1.165, 1.54) is 12.1 Å². The van der Waals surface area contributed by atoms with Gasteiger partial charge in [-0.05, 0) is 36.4 Å². The number of nitrogens with zero attached hydrogens (tertiary/aromatic N) is 2. The molecular formula is C14H6F2N2. The Balaban J connectivity index is 2.77. The van der Waals surface area contributed by atoms with Gasteiger partial charge in [0, 0.05) is 11.1 Å². The summed E-state index contributed by atoms with van der Waals surface area (Å²) in [4.78, 5) is 0. The van der Waals surface area contributed by atoms with E-state index in [4.69, 9.17) is 10.5 Å². The van der Waals surface area contributed by atoms with Gasteiger partial charge in [0.15, 0.2) is 0 Å². The van der Waals surface area contributed by atoms with Gasteiger partial charge in [-0.25, -0.2) is 8.78 Å². The highest BCUT2D eigenvalue weighted by Gasteiger charge is 2.11. The van der Waals surface area contributed by atoms with Crippen molar-refractivity contribution in [2.24, 2.45) is 0 Å². The molecule has 2 nitrogen and oxygen atoms in total. The maximum Gasteiger partial charge on any atom is 0.123 e. The minimum atomic E-state index is -0.544. The molecule has 0 saturated heterocycles. The first kappa shape index (κ1) is 11.8. The summed E-state index contributed by atoms with van der Waals surface area (Å²) in [6, 6.07) is 10.9. The van der Waals surface area contributed by atoms with Gasteiger partial charge < -0.3 is 0 Å². The average molecular weight is 240 g/mol. The summed E-state index contributed by atoms with van der Waals surface area (Å²) < 4.78 is 26.4. The highest BCUT2D eigenvalue weighted by molar-refractivity contribution is 5.75. The van der Waals surface area contributed by atoms with E-state index in [0.29, 0.717) is 0 Å². The maximum atomic E-state index is 13.2. The van der Waals surface area contributed by atoms with Crippen LogP contribution in [-0.2, 0) is 0 Å². The Hall–Kier alpha value is -2.72. The van der Waals surface area contributed by atoms with Crippen molar-refractivity contribution in [2.45, 2.75) is 0 Å². The van der Waals surface area contributed by atoms with Crippen molar-refractivity contribution in [2.75, 3.05) is 0 Å². The number of hydrogen-bond acceptors (Lipinski definition) is 2. The molecule has 0 aromatic heterocycles. The molecule has 4 heteroatoms. The van der Waals surface area contributed by atoms with Crippen LogP contribution in [0.1, 0.15) is 11.1 Å². The van der Waals surface area contributed by atoms with Gasteiger partial charge in [0.1, 0.15) is 11.6 Å². The van der Waals surface area contributed by atoms with Crippen LogP contribution in [0.4, 0.5) is 8.78 Å². The Labute approximate surface area is 102 Å². The van der Waals surface area contributed by atoms with E-state index in [2.05, 4.69) is 0 Å². The second-order valence-electron chi connectivity index (χ2n) is 3.60. The van der Waals surface area contributed by atoms with E-state index in [1.54, 1.807) is 0 Å².